The Morgan fingerprint density at radius 1 is 0.900 bits per heavy atom. The minimum Gasteiger partial charge on any atom is -0.388 e. The summed E-state index contributed by atoms with van der Waals surface area (Å²) in [7, 11) is 0. The highest BCUT2D eigenvalue weighted by Gasteiger charge is 2.21. The van der Waals surface area contributed by atoms with Crippen molar-refractivity contribution >= 4 is 0 Å². The van der Waals surface area contributed by atoms with Gasteiger partial charge in [-0.2, -0.15) is 0 Å². The average Bonchev–Trinajstić information content (AvgIpc) is 2.44. The lowest BCUT2D eigenvalue weighted by atomic mass is 9.88. The number of benzene rings is 2. The van der Waals surface area contributed by atoms with Gasteiger partial charge in [0.25, 0.3) is 0 Å². The molecule has 0 bridgehead atoms. The molecule has 2 nitrogen and oxygen atoms in total. The van der Waals surface area contributed by atoms with Crippen LogP contribution in [0, 0.1) is 20.8 Å². The lowest BCUT2D eigenvalue weighted by Gasteiger charge is -2.23. The molecule has 0 aromatic heterocycles. The minimum atomic E-state index is -0.568. The molecule has 0 fully saturated rings. The van der Waals surface area contributed by atoms with Crippen LogP contribution in [0.1, 0.15) is 39.8 Å². The predicted octanol–water partition coefficient (Wildman–Crippen LogP) is 3.39. The summed E-state index contributed by atoms with van der Waals surface area (Å²) in [5, 5.41) is 10.6. The number of aryl methyl sites for hydroxylation is 3. The molecule has 0 heterocycles. The zero-order valence-electron chi connectivity index (χ0n) is 12.4. The number of aliphatic hydroxyl groups excluding tert-OH is 1. The molecule has 0 radical (unpaired) electrons. The Hall–Kier alpha value is -1.64. The molecule has 0 aliphatic rings. The third-order valence-electron chi connectivity index (χ3n) is 4.01. The highest BCUT2D eigenvalue weighted by atomic mass is 16.3. The van der Waals surface area contributed by atoms with Gasteiger partial charge < -0.3 is 10.8 Å². The molecular formula is C18H23NO. The summed E-state index contributed by atoms with van der Waals surface area (Å²) in [6, 6.07) is 14.3. The van der Waals surface area contributed by atoms with Crippen molar-refractivity contribution in [3.63, 3.8) is 0 Å². The Balaban J connectivity index is 2.30. The van der Waals surface area contributed by atoms with E-state index in [0.29, 0.717) is 6.54 Å². The largest absolute Gasteiger partial charge is 0.388 e. The van der Waals surface area contributed by atoms with Crippen LogP contribution >= 0.6 is 0 Å². The normalized spacial score (nSPS) is 14.1. The molecule has 0 saturated heterocycles. The van der Waals surface area contributed by atoms with E-state index >= 15 is 0 Å². The molecule has 2 aromatic carbocycles. The molecule has 0 aliphatic heterocycles. The molecule has 0 amide bonds. The van der Waals surface area contributed by atoms with Crippen molar-refractivity contribution in [1.29, 1.82) is 0 Å². The number of nitrogens with two attached hydrogens (primary N) is 1. The third-order valence-corrected chi connectivity index (χ3v) is 4.01. The van der Waals surface area contributed by atoms with Gasteiger partial charge in [0, 0.05) is 12.5 Å². The average molecular weight is 269 g/mol. The van der Waals surface area contributed by atoms with Crippen LogP contribution in [-0.4, -0.2) is 11.7 Å². The van der Waals surface area contributed by atoms with E-state index in [1.54, 1.807) is 0 Å². The number of hydrogen-bond donors (Lipinski definition) is 2. The van der Waals surface area contributed by atoms with Gasteiger partial charge >= 0.3 is 0 Å². The standard InChI is InChI=1S/C18H23NO/c1-12-4-7-15(8-5-12)17(11-19)18(20)16-9-6-13(2)14(3)10-16/h4-10,17-18,20H,11,19H2,1-3H3. The molecule has 2 heteroatoms. The highest BCUT2D eigenvalue weighted by molar-refractivity contribution is 5.34. The van der Waals surface area contributed by atoms with Gasteiger partial charge in [-0.3, -0.25) is 0 Å². The van der Waals surface area contributed by atoms with E-state index in [2.05, 4.69) is 57.2 Å². The maximum Gasteiger partial charge on any atom is 0.0870 e. The maximum absolute atomic E-state index is 10.6. The van der Waals surface area contributed by atoms with E-state index in [9.17, 15) is 5.11 Å². The molecule has 2 atom stereocenters. The lowest BCUT2D eigenvalue weighted by Crippen LogP contribution is -2.20. The molecule has 106 valence electrons. The first-order valence-corrected chi connectivity index (χ1v) is 7.04. The first-order valence-electron chi connectivity index (χ1n) is 7.04. The van der Waals surface area contributed by atoms with Gasteiger partial charge in [0.1, 0.15) is 0 Å². The fourth-order valence-electron chi connectivity index (χ4n) is 2.44. The van der Waals surface area contributed by atoms with Crippen LogP contribution in [0.25, 0.3) is 0 Å². The summed E-state index contributed by atoms with van der Waals surface area (Å²) in [6.07, 6.45) is -0.568. The molecule has 2 unspecified atom stereocenters. The van der Waals surface area contributed by atoms with E-state index in [1.807, 2.05) is 6.07 Å². The van der Waals surface area contributed by atoms with Crippen LogP contribution in [0.15, 0.2) is 42.5 Å². The summed E-state index contributed by atoms with van der Waals surface area (Å²) >= 11 is 0. The summed E-state index contributed by atoms with van der Waals surface area (Å²) in [5.74, 6) is -0.0716. The second-order valence-electron chi connectivity index (χ2n) is 5.54. The second-order valence-corrected chi connectivity index (χ2v) is 5.54. The summed E-state index contributed by atoms with van der Waals surface area (Å²) in [6.45, 7) is 6.62. The van der Waals surface area contributed by atoms with Gasteiger partial charge in [0.15, 0.2) is 0 Å². The van der Waals surface area contributed by atoms with Gasteiger partial charge in [0.05, 0.1) is 6.10 Å². The number of hydrogen-bond acceptors (Lipinski definition) is 2. The number of rotatable bonds is 4. The van der Waals surface area contributed by atoms with Crippen LogP contribution < -0.4 is 5.73 Å². The molecule has 0 saturated carbocycles. The van der Waals surface area contributed by atoms with Gasteiger partial charge in [0.2, 0.25) is 0 Å². The highest BCUT2D eigenvalue weighted by Crippen LogP contribution is 2.31. The lowest BCUT2D eigenvalue weighted by molar-refractivity contribution is 0.147. The molecular weight excluding hydrogens is 246 g/mol. The van der Waals surface area contributed by atoms with Crippen LogP contribution in [0.3, 0.4) is 0 Å². The van der Waals surface area contributed by atoms with Crippen molar-refractivity contribution in [1.82, 2.24) is 0 Å². The zero-order valence-corrected chi connectivity index (χ0v) is 12.4. The summed E-state index contributed by atoms with van der Waals surface area (Å²) in [4.78, 5) is 0. The summed E-state index contributed by atoms with van der Waals surface area (Å²) < 4.78 is 0. The van der Waals surface area contributed by atoms with Gasteiger partial charge in [-0.1, -0.05) is 48.0 Å². The van der Waals surface area contributed by atoms with E-state index < -0.39 is 6.10 Å². The van der Waals surface area contributed by atoms with E-state index in [4.69, 9.17) is 5.73 Å². The van der Waals surface area contributed by atoms with Crippen LogP contribution in [0.5, 0.6) is 0 Å². The van der Waals surface area contributed by atoms with Crippen molar-refractivity contribution < 1.29 is 5.11 Å². The van der Waals surface area contributed by atoms with Gasteiger partial charge in [-0.05, 0) is 43.0 Å². The van der Waals surface area contributed by atoms with Crippen LogP contribution in [0.4, 0.5) is 0 Å². The van der Waals surface area contributed by atoms with Crippen molar-refractivity contribution in [2.75, 3.05) is 6.54 Å². The first kappa shape index (κ1) is 14.8. The van der Waals surface area contributed by atoms with Gasteiger partial charge in [-0.15, -0.1) is 0 Å². The molecule has 3 N–H and O–H groups in total. The fourth-order valence-corrected chi connectivity index (χ4v) is 2.44. The van der Waals surface area contributed by atoms with E-state index in [0.717, 1.165) is 11.1 Å². The first-order chi connectivity index (χ1) is 9.52. The predicted molar refractivity (Wildman–Crippen MR) is 83.9 cm³/mol. The maximum atomic E-state index is 10.6. The topological polar surface area (TPSA) is 46.2 Å². The molecule has 20 heavy (non-hydrogen) atoms. The van der Waals surface area contributed by atoms with E-state index in [-0.39, 0.29) is 5.92 Å². The SMILES string of the molecule is Cc1ccc(C(CN)C(O)c2ccc(C)c(C)c2)cc1. The quantitative estimate of drug-likeness (QED) is 0.893. The molecule has 2 rings (SSSR count). The Kier molecular flexibility index (Phi) is 4.58. The Bertz CT molecular complexity index is 574. The molecule has 0 spiro atoms. The van der Waals surface area contributed by atoms with Gasteiger partial charge in [-0.25, -0.2) is 0 Å². The Morgan fingerprint density at radius 3 is 2.05 bits per heavy atom. The van der Waals surface area contributed by atoms with Crippen LogP contribution in [0.2, 0.25) is 0 Å². The van der Waals surface area contributed by atoms with Crippen molar-refractivity contribution in [2.45, 2.75) is 32.8 Å². The fraction of sp³-hybridized carbons (Fsp3) is 0.333. The molecule has 0 aliphatic carbocycles. The second kappa shape index (κ2) is 6.21. The minimum absolute atomic E-state index is 0.0716. The summed E-state index contributed by atoms with van der Waals surface area (Å²) in [5.41, 5.74) is 11.6. The molecule has 2 aromatic rings. The number of aliphatic hydroxyl groups is 1. The Morgan fingerprint density at radius 2 is 1.50 bits per heavy atom. The van der Waals surface area contributed by atoms with Crippen LogP contribution in [-0.2, 0) is 0 Å². The van der Waals surface area contributed by atoms with Crippen molar-refractivity contribution in [3.8, 4) is 0 Å². The third kappa shape index (κ3) is 3.09. The van der Waals surface area contributed by atoms with Crippen molar-refractivity contribution in [2.24, 2.45) is 5.73 Å². The zero-order chi connectivity index (χ0) is 14.7. The van der Waals surface area contributed by atoms with E-state index in [1.165, 1.54) is 16.7 Å². The Labute approximate surface area is 121 Å². The monoisotopic (exact) mass is 269 g/mol. The van der Waals surface area contributed by atoms with Crippen molar-refractivity contribution in [3.05, 3.63) is 70.3 Å². The smallest absolute Gasteiger partial charge is 0.0870 e.